The van der Waals surface area contributed by atoms with Gasteiger partial charge in [-0.25, -0.2) is 0 Å². The molecule has 8 bridgehead atoms. The molecule has 0 saturated carbocycles. The monoisotopic (exact) mass is 443 g/mol. The highest BCUT2D eigenvalue weighted by atomic mass is 16.4. The number of carbonyl (C=O) groups is 2. The SMILES string of the molecule is N[C@@H](CCC(=O)O)C(=O)c1c2nc(cc3ccc(cc4nc(cc5ccc1[nH]5)CC4)[nH]3)CC2. The van der Waals surface area contributed by atoms with Crippen LogP contribution in [0.5, 0.6) is 0 Å². The van der Waals surface area contributed by atoms with E-state index in [1.54, 1.807) is 0 Å². The van der Waals surface area contributed by atoms with Crippen molar-refractivity contribution in [1.82, 2.24) is 19.9 Å². The van der Waals surface area contributed by atoms with Crippen molar-refractivity contribution < 1.29 is 14.7 Å². The molecule has 0 spiro atoms. The molecule has 5 N–H and O–H groups in total. The molecular weight excluding hydrogens is 418 g/mol. The van der Waals surface area contributed by atoms with Gasteiger partial charge in [0.1, 0.15) is 0 Å². The first-order chi connectivity index (χ1) is 15.9. The van der Waals surface area contributed by atoms with E-state index in [-0.39, 0.29) is 18.6 Å². The fraction of sp³-hybridized carbons (Fsp3) is 0.280. The zero-order valence-electron chi connectivity index (χ0n) is 18.1. The standard InChI is InChI=1S/C25H25N5O3/c26-20(7-10-23(31)32)25(33)24-21-8-5-18(29-21)12-16-3-1-14(27-16)11-15-2-4-17(28-15)13-19-6-9-22(24)30-19/h1,3,6,9,11-13,20,27,30H,2,4-5,7-8,10,26H2,(H,31,32)/t20-/m0/s1. The molecule has 0 saturated heterocycles. The Morgan fingerprint density at radius 3 is 2.12 bits per heavy atom. The molecule has 33 heavy (non-hydrogen) atoms. The summed E-state index contributed by atoms with van der Waals surface area (Å²) >= 11 is 0. The second kappa shape index (κ2) is 8.63. The largest absolute Gasteiger partial charge is 0.481 e. The van der Waals surface area contributed by atoms with Gasteiger partial charge in [-0.1, -0.05) is 0 Å². The smallest absolute Gasteiger partial charge is 0.303 e. The number of Topliss-reactive ketones (excluding diaryl/α,β-unsaturated/α-hetero) is 1. The molecule has 5 rings (SSSR count). The fourth-order valence-electron chi connectivity index (χ4n) is 4.38. The highest BCUT2D eigenvalue weighted by Crippen LogP contribution is 2.22. The molecule has 168 valence electrons. The van der Waals surface area contributed by atoms with Crippen molar-refractivity contribution in [3.63, 3.8) is 0 Å². The maximum absolute atomic E-state index is 13.3. The molecule has 2 aliphatic rings. The van der Waals surface area contributed by atoms with Gasteiger partial charge in [0.05, 0.1) is 22.8 Å². The van der Waals surface area contributed by atoms with E-state index >= 15 is 0 Å². The van der Waals surface area contributed by atoms with E-state index in [2.05, 4.69) is 16.0 Å². The van der Waals surface area contributed by atoms with Crippen LogP contribution in [0.4, 0.5) is 0 Å². The molecule has 0 unspecified atom stereocenters. The number of rotatable bonds is 5. The number of carboxylic acids is 1. The Morgan fingerprint density at radius 2 is 1.45 bits per heavy atom. The molecule has 0 amide bonds. The zero-order chi connectivity index (χ0) is 22.9. The molecule has 3 aromatic rings. The van der Waals surface area contributed by atoms with Gasteiger partial charge in [-0.2, -0.15) is 0 Å². The number of nitrogens with zero attached hydrogens (tertiary/aromatic N) is 2. The lowest BCUT2D eigenvalue weighted by Gasteiger charge is -2.10. The van der Waals surface area contributed by atoms with Crippen molar-refractivity contribution in [3.05, 3.63) is 70.8 Å². The summed E-state index contributed by atoms with van der Waals surface area (Å²) in [6.45, 7) is 0. The molecule has 0 aliphatic carbocycles. The normalized spacial score (nSPS) is 14.2. The number of hydrogen-bond donors (Lipinski definition) is 4. The number of H-pyrrole nitrogens is 2. The third kappa shape index (κ3) is 4.56. The van der Waals surface area contributed by atoms with Crippen molar-refractivity contribution in [2.75, 3.05) is 0 Å². The second-order valence-electron chi connectivity index (χ2n) is 8.55. The highest BCUT2D eigenvalue weighted by molar-refractivity contribution is 6.06. The molecule has 3 aromatic heterocycles. The minimum atomic E-state index is -0.975. The Morgan fingerprint density at radius 1 is 0.879 bits per heavy atom. The third-order valence-electron chi connectivity index (χ3n) is 6.04. The summed E-state index contributed by atoms with van der Waals surface area (Å²) in [7, 11) is 0. The first-order valence-corrected chi connectivity index (χ1v) is 11.1. The Kier molecular flexibility index (Phi) is 5.51. The number of hydrogen-bond acceptors (Lipinski definition) is 5. The predicted molar refractivity (Wildman–Crippen MR) is 125 cm³/mol. The van der Waals surface area contributed by atoms with Crippen LogP contribution in [0.15, 0.2) is 42.5 Å². The minimum absolute atomic E-state index is 0.0739. The van der Waals surface area contributed by atoms with Crippen LogP contribution in [0.3, 0.4) is 0 Å². The summed E-state index contributed by atoms with van der Waals surface area (Å²) in [5, 5.41) is 9.00. The Labute approximate surface area is 189 Å². The second-order valence-corrected chi connectivity index (χ2v) is 8.55. The van der Waals surface area contributed by atoms with E-state index in [0.29, 0.717) is 29.6 Å². The first kappa shape index (κ1) is 21.1. The molecule has 8 heteroatoms. The lowest BCUT2D eigenvalue weighted by atomic mass is 9.98. The topological polar surface area (TPSA) is 138 Å². The van der Waals surface area contributed by atoms with Crippen molar-refractivity contribution in [2.45, 2.75) is 44.6 Å². The van der Waals surface area contributed by atoms with Crippen LogP contribution in [0, 0.1) is 0 Å². The van der Waals surface area contributed by atoms with Gasteiger partial charge in [0.2, 0.25) is 0 Å². The highest BCUT2D eigenvalue weighted by Gasteiger charge is 2.24. The Balaban J connectivity index is 1.73. The summed E-state index contributed by atoms with van der Waals surface area (Å²) < 4.78 is 0. The van der Waals surface area contributed by atoms with Crippen LogP contribution < -0.4 is 5.73 Å². The van der Waals surface area contributed by atoms with Gasteiger partial charge in [0, 0.05) is 40.1 Å². The van der Waals surface area contributed by atoms with Gasteiger partial charge >= 0.3 is 5.97 Å². The summed E-state index contributed by atoms with van der Waals surface area (Å²) in [5.41, 5.74) is 13.5. The van der Waals surface area contributed by atoms with E-state index in [1.807, 2.05) is 36.4 Å². The molecule has 2 aliphatic heterocycles. The molecule has 1 atom stereocenters. The van der Waals surface area contributed by atoms with Crippen molar-refractivity contribution in [1.29, 1.82) is 0 Å². The maximum atomic E-state index is 13.3. The van der Waals surface area contributed by atoms with E-state index in [9.17, 15) is 9.59 Å². The summed E-state index contributed by atoms with van der Waals surface area (Å²) in [6, 6.07) is 12.9. The average molecular weight is 444 g/mol. The van der Waals surface area contributed by atoms with Crippen molar-refractivity contribution >= 4 is 33.8 Å². The van der Waals surface area contributed by atoms with Gasteiger partial charge in [0.15, 0.2) is 5.78 Å². The van der Waals surface area contributed by atoms with Crippen molar-refractivity contribution in [2.24, 2.45) is 5.73 Å². The predicted octanol–water partition coefficient (Wildman–Crippen LogP) is 3.26. The quantitative estimate of drug-likeness (QED) is 0.447. The zero-order valence-corrected chi connectivity index (χ0v) is 18.1. The fourth-order valence-corrected chi connectivity index (χ4v) is 4.38. The number of ketones is 1. The van der Waals surface area contributed by atoms with Crippen molar-refractivity contribution in [3.8, 4) is 0 Å². The molecule has 0 fully saturated rings. The first-order valence-electron chi connectivity index (χ1n) is 11.1. The number of carboxylic acid groups (broad SMARTS) is 1. The number of carbonyl (C=O) groups excluding carboxylic acids is 1. The number of fused-ring (bicyclic) bond motifs is 8. The van der Waals surface area contributed by atoms with E-state index in [0.717, 1.165) is 46.5 Å². The van der Waals surface area contributed by atoms with Gasteiger partial charge in [0.25, 0.3) is 0 Å². The van der Waals surface area contributed by atoms with Crippen LogP contribution in [0.1, 0.15) is 46.0 Å². The molecule has 0 aromatic carbocycles. The van der Waals surface area contributed by atoms with Crippen LogP contribution in [0.25, 0.3) is 22.1 Å². The van der Waals surface area contributed by atoms with E-state index < -0.39 is 12.0 Å². The number of aryl methyl sites for hydroxylation is 4. The third-order valence-corrected chi connectivity index (χ3v) is 6.04. The lowest BCUT2D eigenvalue weighted by molar-refractivity contribution is -0.137. The molecule has 5 heterocycles. The number of aromatic amines is 2. The molecular formula is C25H25N5O3. The maximum Gasteiger partial charge on any atom is 0.303 e. The molecule has 0 radical (unpaired) electrons. The number of nitrogens with one attached hydrogen (secondary N) is 2. The summed E-state index contributed by atoms with van der Waals surface area (Å²) in [4.78, 5) is 40.5. The molecule has 8 nitrogen and oxygen atoms in total. The van der Waals surface area contributed by atoms with Gasteiger partial charge < -0.3 is 20.8 Å². The number of nitrogens with two attached hydrogens (primary N) is 1. The van der Waals surface area contributed by atoms with Crippen LogP contribution >= 0.6 is 0 Å². The summed E-state index contributed by atoms with van der Waals surface area (Å²) in [6.07, 6.45) is 2.95. The van der Waals surface area contributed by atoms with Crippen LogP contribution in [0.2, 0.25) is 0 Å². The van der Waals surface area contributed by atoms with Crippen LogP contribution in [-0.4, -0.2) is 42.8 Å². The lowest BCUT2D eigenvalue weighted by Crippen LogP contribution is -2.32. The minimum Gasteiger partial charge on any atom is -0.481 e. The van der Waals surface area contributed by atoms with Gasteiger partial charge in [-0.05, 0) is 74.6 Å². The van der Waals surface area contributed by atoms with Gasteiger partial charge in [-0.3, -0.25) is 19.6 Å². The Bertz CT molecular complexity index is 1400. The van der Waals surface area contributed by atoms with Gasteiger partial charge in [-0.15, -0.1) is 0 Å². The van der Waals surface area contributed by atoms with E-state index in [1.165, 1.54) is 0 Å². The Hall–Kier alpha value is -3.78. The number of aliphatic carboxylic acids is 1. The average Bonchev–Trinajstić information content (AvgIpc) is 3.57. The van der Waals surface area contributed by atoms with E-state index in [4.69, 9.17) is 20.8 Å². The number of aromatic nitrogens is 4. The summed E-state index contributed by atoms with van der Waals surface area (Å²) in [5.74, 6) is -1.27. The van der Waals surface area contributed by atoms with Crippen LogP contribution in [-0.2, 0) is 30.5 Å².